The van der Waals surface area contributed by atoms with Gasteiger partial charge in [0.05, 0.1) is 11.6 Å². The Bertz CT molecular complexity index is 957. The maximum absolute atomic E-state index is 13.3. The van der Waals surface area contributed by atoms with E-state index in [0.717, 1.165) is 12.1 Å². The minimum absolute atomic E-state index is 0.0914. The number of allylic oxidation sites excluding steroid dienone is 1. The van der Waals surface area contributed by atoms with Crippen molar-refractivity contribution in [3.8, 4) is 11.8 Å². The third-order valence-corrected chi connectivity index (χ3v) is 5.54. The molecule has 1 N–H and O–H groups in total. The van der Waals surface area contributed by atoms with Crippen molar-refractivity contribution in [2.24, 2.45) is 0 Å². The summed E-state index contributed by atoms with van der Waals surface area (Å²) in [5.74, 6) is 4.57. The summed E-state index contributed by atoms with van der Waals surface area (Å²) in [6, 6.07) is 0.966. The molecule has 1 aromatic carbocycles. The predicted octanol–water partition coefficient (Wildman–Crippen LogP) is 5.51. The van der Waals surface area contributed by atoms with Gasteiger partial charge < -0.3 is 5.32 Å². The zero-order chi connectivity index (χ0) is 24.0. The van der Waals surface area contributed by atoms with E-state index in [1.165, 1.54) is 25.5 Å². The summed E-state index contributed by atoms with van der Waals surface area (Å²) in [4.78, 5) is 0. The van der Waals surface area contributed by atoms with E-state index in [1.807, 2.05) is 0 Å². The van der Waals surface area contributed by atoms with Crippen LogP contribution < -0.4 is 5.32 Å². The molecule has 11 heteroatoms. The number of hydrogen-bond acceptors (Lipinski definition) is 3. The van der Waals surface area contributed by atoms with Crippen LogP contribution in [0.15, 0.2) is 24.3 Å². The number of rotatable bonds is 2. The molecule has 1 heterocycles. The van der Waals surface area contributed by atoms with E-state index in [9.17, 15) is 34.8 Å². The van der Waals surface area contributed by atoms with Crippen LogP contribution in [0.2, 0.25) is 0 Å². The van der Waals surface area contributed by atoms with Gasteiger partial charge in [-0.25, -0.2) is 8.42 Å². The van der Waals surface area contributed by atoms with Crippen LogP contribution in [0.4, 0.5) is 32.0 Å². The van der Waals surface area contributed by atoms with Crippen LogP contribution in [-0.2, 0) is 22.7 Å². The van der Waals surface area contributed by atoms with Gasteiger partial charge in [-0.15, -0.1) is 5.92 Å². The molecule has 0 radical (unpaired) electrons. The van der Waals surface area contributed by atoms with Crippen molar-refractivity contribution in [1.29, 1.82) is 0 Å². The van der Waals surface area contributed by atoms with Crippen LogP contribution in [-0.4, -0.2) is 30.8 Å². The normalized spacial score (nSPS) is 17.5. The summed E-state index contributed by atoms with van der Waals surface area (Å²) in [7, 11) is -5.77. The van der Waals surface area contributed by atoms with E-state index in [1.54, 1.807) is 6.92 Å². The lowest BCUT2D eigenvalue weighted by molar-refractivity contribution is -0.137. The van der Waals surface area contributed by atoms with Crippen molar-refractivity contribution in [3.63, 3.8) is 0 Å². The van der Waals surface area contributed by atoms with Gasteiger partial charge in [0.1, 0.15) is 0 Å². The second-order valence-corrected chi connectivity index (χ2v) is 8.54. The summed E-state index contributed by atoms with van der Waals surface area (Å²) in [5.41, 5.74) is -7.45. The molecule has 0 aliphatic carbocycles. The van der Waals surface area contributed by atoms with Crippen molar-refractivity contribution in [2.45, 2.75) is 58.4 Å². The van der Waals surface area contributed by atoms with Crippen LogP contribution >= 0.6 is 0 Å². The summed E-state index contributed by atoms with van der Waals surface area (Å²) in [6.07, 6.45) is -0.633. The molecule has 0 aromatic heterocycles. The zero-order valence-electron chi connectivity index (χ0n) is 17.4. The molecule has 31 heavy (non-hydrogen) atoms. The predicted molar refractivity (Wildman–Crippen MR) is 108 cm³/mol. The molecule has 1 aromatic rings. The van der Waals surface area contributed by atoms with Gasteiger partial charge in [0.25, 0.3) is 0 Å². The number of fused-ring (bicyclic) bond motifs is 1. The topological polar surface area (TPSA) is 49.4 Å². The Balaban J connectivity index is 0.00000151. The number of anilines is 1. The highest BCUT2D eigenvalue weighted by Gasteiger charge is 2.51. The van der Waals surface area contributed by atoms with E-state index in [4.69, 9.17) is 0 Å². The van der Waals surface area contributed by atoms with Crippen LogP contribution in [0.1, 0.15) is 50.8 Å². The van der Waals surface area contributed by atoms with Gasteiger partial charge in [0.2, 0.25) is 0 Å². The average molecular weight is 470 g/mol. The maximum Gasteiger partial charge on any atom is 0.511 e. The number of halogens is 6. The largest absolute Gasteiger partial charge is 0.511 e. The minimum atomic E-state index is -5.77. The fraction of sp³-hybridized carbons (Fsp3) is 0.500. The lowest BCUT2D eigenvalue weighted by Gasteiger charge is -2.24. The van der Waals surface area contributed by atoms with Gasteiger partial charge >= 0.3 is 21.7 Å². The van der Waals surface area contributed by atoms with Crippen molar-refractivity contribution in [2.75, 3.05) is 11.9 Å². The standard InChI is InChI=1S/C17H16F6N2O2S.C3H8/c1-3-5-11-9-25(28(26,27)17(21,22)23)10-13-12(6-4-2)14(16(18,19)20)7-8-15(13)24-11;1-3-2/h3,5,7-8,11,24H,9-10H2,1-2H3;3H2,1-2H3/b5-3+;. The quantitative estimate of drug-likeness (QED) is 0.352. The average Bonchev–Trinajstić information content (AvgIpc) is 2.81. The molecule has 0 fully saturated rings. The Hall–Kier alpha value is -2.19. The van der Waals surface area contributed by atoms with Crippen molar-refractivity contribution < 1.29 is 34.8 Å². The highest BCUT2D eigenvalue weighted by atomic mass is 32.2. The van der Waals surface area contributed by atoms with Gasteiger partial charge in [-0.2, -0.15) is 30.6 Å². The Morgan fingerprint density at radius 1 is 1.19 bits per heavy atom. The van der Waals surface area contributed by atoms with Gasteiger partial charge in [0.15, 0.2) is 0 Å². The fourth-order valence-corrected chi connectivity index (χ4v) is 3.78. The first kappa shape index (κ1) is 26.8. The van der Waals surface area contributed by atoms with Crippen LogP contribution in [0.5, 0.6) is 0 Å². The SMILES string of the molecule is CC#Cc1c(C(F)(F)F)ccc2c1CN(S(=O)(=O)C(F)(F)F)CC(/C=C/C)N2.CCC. The first-order valence-corrected chi connectivity index (χ1v) is 10.8. The molecule has 4 nitrogen and oxygen atoms in total. The minimum Gasteiger partial charge on any atom is -0.377 e. The molecular weight excluding hydrogens is 446 g/mol. The third-order valence-electron chi connectivity index (χ3n) is 4.00. The molecular formula is C20H24F6N2O2S. The summed E-state index contributed by atoms with van der Waals surface area (Å²) < 4.78 is 103. The first-order chi connectivity index (χ1) is 14.2. The number of nitrogens with zero attached hydrogens (tertiary/aromatic N) is 1. The molecule has 1 atom stereocenters. The molecule has 1 aliphatic rings. The van der Waals surface area contributed by atoms with E-state index in [2.05, 4.69) is 31.0 Å². The Kier molecular flexibility index (Phi) is 9.02. The first-order valence-electron chi connectivity index (χ1n) is 9.36. The summed E-state index contributed by atoms with van der Waals surface area (Å²) in [5, 5.41) is 2.80. The molecule has 0 amide bonds. The molecule has 0 spiro atoms. The monoisotopic (exact) mass is 470 g/mol. The summed E-state index contributed by atoms with van der Waals surface area (Å²) in [6.45, 7) is 5.60. The van der Waals surface area contributed by atoms with Gasteiger partial charge in [0, 0.05) is 29.9 Å². The van der Waals surface area contributed by atoms with Crippen LogP contribution in [0.25, 0.3) is 0 Å². The van der Waals surface area contributed by atoms with E-state index >= 15 is 0 Å². The fourth-order valence-electron chi connectivity index (χ4n) is 2.83. The Labute approximate surface area is 178 Å². The number of hydrogen-bond donors (Lipinski definition) is 1. The highest BCUT2D eigenvalue weighted by molar-refractivity contribution is 7.89. The molecule has 174 valence electrons. The van der Waals surface area contributed by atoms with E-state index in [0.29, 0.717) is 0 Å². The van der Waals surface area contributed by atoms with Crippen LogP contribution in [0, 0.1) is 11.8 Å². The number of benzene rings is 1. The van der Waals surface area contributed by atoms with Crippen molar-refractivity contribution >= 4 is 15.7 Å². The summed E-state index contributed by atoms with van der Waals surface area (Å²) >= 11 is 0. The van der Waals surface area contributed by atoms with Crippen molar-refractivity contribution in [3.05, 3.63) is 41.0 Å². The zero-order valence-corrected chi connectivity index (χ0v) is 18.3. The maximum atomic E-state index is 13.3. The third kappa shape index (κ3) is 6.40. The van der Waals surface area contributed by atoms with Gasteiger partial charge in [-0.1, -0.05) is 38.3 Å². The van der Waals surface area contributed by atoms with Crippen LogP contribution in [0.3, 0.4) is 0 Å². The smallest absolute Gasteiger partial charge is 0.377 e. The molecule has 0 bridgehead atoms. The van der Waals surface area contributed by atoms with Gasteiger partial charge in [-0.05, 0) is 26.0 Å². The number of nitrogens with one attached hydrogen (secondary N) is 1. The lowest BCUT2D eigenvalue weighted by Crippen LogP contribution is -2.43. The Morgan fingerprint density at radius 2 is 1.77 bits per heavy atom. The second kappa shape index (κ2) is 10.4. The molecule has 2 rings (SSSR count). The molecule has 1 unspecified atom stereocenters. The van der Waals surface area contributed by atoms with Crippen molar-refractivity contribution in [1.82, 2.24) is 4.31 Å². The van der Waals surface area contributed by atoms with E-state index in [-0.39, 0.29) is 15.6 Å². The number of alkyl halides is 6. The molecule has 0 saturated heterocycles. The number of sulfonamides is 1. The molecule has 0 saturated carbocycles. The highest BCUT2D eigenvalue weighted by Crippen LogP contribution is 2.39. The van der Waals surface area contributed by atoms with Gasteiger partial charge in [-0.3, -0.25) is 0 Å². The Morgan fingerprint density at radius 3 is 2.23 bits per heavy atom. The molecule has 1 aliphatic heterocycles. The lowest BCUT2D eigenvalue weighted by atomic mass is 9.98. The van der Waals surface area contributed by atoms with E-state index < -0.39 is 52.0 Å². The second-order valence-electron chi connectivity index (χ2n) is 6.61.